The summed E-state index contributed by atoms with van der Waals surface area (Å²) >= 11 is 0. The van der Waals surface area contributed by atoms with Gasteiger partial charge < -0.3 is 15.4 Å². The van der Waals surface area contributed by atoms with Crippen molar-refractivity contribution in [2.45, 2.75) is 39.7 Å². The average Bonchev–Trinajstić information content (AvgIpc) is 2.91. The van der Waals surface area contributed by atoms with E-state index in [1.807, 2.05) is 6.92 Å². The molecule has 1 aromatic carbocycles. The molecule has 1 heterocycles. The van der Waals surface area contributed by atoms with Crippen molar-refractivity contribution in [3.8, 4) is 0 Å². The number of carbonyl (C=O) groups is 3. The first-order chi connectivity index (χ1) is 12.2. The third-order valence-corrected chi connectivity index (χ3v) is 4.18. The minimum absolute atomic E-state index is 0.143. The molecule has 1 amide bonds. The molecule has 0 radical (unpaired) electrons. The smallest absolute Gasteiger partial charge is 0.305 e. The number of ketones is 1. The number of carboxylic acids is 1. The van der Waals surface area contributed by atoms with E-state index in [-0.39, 0.29) is 17.9 Å². The lowest BCUT2D eigenvalue weighted by Gasteiger charge is -2.17. The quantitative estimate of drug-likeness (QED) is 0.660. The van der Waals surface area contributed by atoms with Crippen molar-refractivity contribution in [3.63, 3.8) is 0 Å². The molecule has 2 rings (SSSR count). The lowest BCUT2D eigenvalue weighted by Crippen LogP contribution is -2.31. The second-order valence-electron chi connectivity index (χ2n) is 6.06. The number of aryl methyl sites for hydroxylation is 1. The van der Waals surface area contributed by atoms with Gasteiger partial charge in [0.1, 0.15) is 11.5 Å². The van der Waals surface area contributed by atoms with Gasteiger partial charge in [0, 0.05) is 11.3 Å². The SMILES string of the molecule is CCc1c(C(=O)NC(CC(=O)O)c2ccc(F)cc2)[nH]c(C)c1C(C)=O. The summed E-state index contributed by atoms with van der Waals surface area (Å²) in [6.45, 7) is 4.98. The maximum atomic E-state index is 13.1. The minimum Gasteiger partial charge on any atom is -0.481 e. The number of aromatic amines is 1. The molecule has 1 aromatic heterocycles. The predicted octanol–water partition coefficient (Wildman–Crippen LogP) is 3.17. The van der Waals surface area contributed by atoms with Crippen LogP contribution in [0.5, 0.6) is 0 Å². The Morgan fingerprint density at radius 3 is 2.35 bits per heavy atom. The molecule has 3 N–H and O–H groups in total. The summed E-state index contributed by atoms with van der Waals surface area (Å²) in [7, 11) is 0. The summed E-state index contributed by atoms with van der Waals surface area (Å²) < 4.78 is 13.1. The van der Waals surface area contributed by atoms with Gasteiger partial charge >= 0.3 is 5.97 Å². The highest BCUT2D eigenvalue weighted by molar-refractivity contribution is 6.02. The Labute approximate surface area is 150 Å². The maximum Gasteiger partial charge on any atom is 0.305 e. The molecule has 1 atom stereocenters. The van der Waals surface area contributed by atoms with E-state index in [1.54, 1.807) is 6.92 Å². The molecule has 0 aliphatic rings. The number of nitrogens with one attached hydrogen (secondary N) is 2. The number of H-pyrrole nitrogens is 1. The first kappa shape index (κ1) is 19.4. The van der Waals surface area contributed by atoms with Gasteiger partial charge in [-0.2, -0.15) is 0 Å². The number of Topliss-reactive ketones (excluding diaryl/α,β-unsaturated/α-hetero) is 1. The number of hydrogen-bond donors (Lipinski definition) is 3. The Morgan fingerprint density at radius 1 is 1.23 bits per heavy atom. The van der Waals surface area contributed by atoms with Gasteiger partial charge in [-0.05, 0) is 43.5 Å². The molecule has 1 unspecified atom stereocenters. The van der Waals surface area contributed by atoms with Crippen LogP contribution in [0.25, 0.3) is 0 Å². The summed E-state index contributed by atoms with van der Waals surface area (Å²) in [5.74, 6) is -2.20. The standard InChI is InChI=1S/C19H21FN2O4/c1-4-14-17(11(3)23)10(2)21-18(14)19(26)22-15(9-16(24)25)12-5-7-13(20)8-6-12/h5-8,15,21H,4,9H2,1-3H3,(H,22,26)(H,24,25). The zero-order valence-corrected chi connectivity index (χ0v) is 14.9. The molecular formula is C19H21FN2O4. The third-order valence-electron chi connectivity index (χ3n) is 4.18. The molecule has 0 saturated carbocycles. The molecule has 6 nitrogen and oxygen atoms in total. The van der Waals surface area contributed by atoms with Crippen LogP contribution in [0.3, 0.4) is 0 Å². The van der Waals surface area contributed by atoms with E-state index in [0.29, 0.717) is 28.8 Å². The largest absolute Gasteiger partial charge is 0.481 e. The van der Waals surface area contributed by atoms with E-state index >= 15 is 0 Å². The lowest BCUT2D eigenvalue weighted by molar-refractivity contribution is -0.137. The minimum atomic E-state index is -1.09. The fraction of sp³-hybridized carbons (Fsp3) is 0.316. The molecule has 0 aliphatic heterocycles. The monoisotopic (exact) mass is 360 g/mol. The first-order valence-electron chi connectivity index (χ1n) is 8.25. The maximum absolute atomic E-state index is 13.1. The number of amides is 1. The van der Waals surface area contributed by atoms with Crippen molar-refractivity contribution in [1.29, 1.82) is 0 Å². The zero-order valence-electron chi connectivity index (χ0n) is 14.9. The van der Waals surface area contributed by atoms with E-state index in [2.05, 4.69) is 10.3 Å². The number of rotatable bonds is 7. The Hall–Kier alpha value is -2.96. The van der Waals surface area contributed by atoms with Crippen LogP contribution in [-0.4, -0.2) is 27.8 Å². The van der Waals surface area contributed by atoms with Gasteiger partial charge in [-0.3, -0.25) is 14.4 Å². The van der Waals surface area contributed by atoms with Gasteiger partial charge in [0.25, 0.3) is 5.91 Å². The van der Waals surface area contributed by atoms with Gasteiger partial charge in [0.05, 0.1) is 12.5 Å². The second-order valence-corrected chi connectivity index (χ2v) is 6.06. The Bertz CT molecular complexity index is 840. The van der Waals surface area contributed by atoms with Gasteiger partial charge in [-0.1, -0.05) is 19.1 Å². The number of aliphatic carboxylic acids is 1. The number of carbonyl (C=O) groups excluding carboxylic acids is 2. The van der Waals surface area contributed by atoms with Crippen molar-refractivity contribution in [1.82, 2.24) is 10.3 Å². The molecular weight excluding hydrogens is 339 g/mol. The zero-order chi connectivity index (χ0) is 19.4. The molecule has 138 valence electrons. The number of hydrogen-bond acceptors (Lipinski definition) is 3. The van der Waals surface area contributed by atoms with Crippen molar-refractivity contribution in [2.75, 3.05) is 0 Å². The first-order valence-corrected chi connectivity index (χ1v) is 8.25. The van der Waals surface area contributed by atoms with Crippen molar-refractivity contribution in [2.24, 2.45) is 0 Å². The second kappa shape index (κ2) is 7.95. The topological polar surface area (TPSA) is 99.3 Å². The van der Waals surface area contributed by atoms with E-state index < -0.39 is 23.7 Å². The van der Waals surface area contributed by atoms with Crippen LogP contribution >= 0.6 is 0 Å². The molecule has 2 aromatic rings. The Kier molecular flexibility index (Phi) is 5.92. The number of benzene rings is 1. The summed E-state index contributed by atoms with van der Waals surface area (Å²) in [5, 5.41) is 11.8. The van der Waals surface area contributed by atoms with Crippen molar-refractivity contribution < 1.29 is 23.9 Å². The Balaban J connectivity index is 2.35. The summed E-state index contributed by atoms with van der Waals surface area (Å²) in [4.78, 5) is 38.6. The summed E-state index contributed by atoms with van der Waals surface area (Å²) in [5.41, 5.74) is 2.40. The molecule has 0 fully saturated rings. The highest BCUT2D eigenvalue weighted by atomic mass is 19.1. The molecule has 0 saturated heterocycles. The number of carboxylic acid groups (broad SMARTS) is 1. The fourth-order valence-electron chi connectivity index (χ4n) is 3.05. The number of aromatic nitrogens is 1. The Morgan fingerprint density at radius 2 is 1.85 bits per heavy atom. The molecule has 26 heavy (non-hydrogen) atoms. The molecule has 0 bridgehead atoms. The van der Waals surface area contributed by atoms with Gasteiger partial charge in [0.15, 0.2) is 5.78 Å². The van der Waals surface area contributed by atoms with Crippen LogP contribution in [-0.2, 0) is 11.2 Å². The van der Waals surface area contributed by atoms with Crippen LogP contribution in [0, 0.1) is 12.7 Å². The molecule has 7 heteroatoms. The fourth-order valence-corrected chi connectivity index (χ4v) is 3.05. The van der Waals surface area contributed by atoms with E-state index in [1.165, 1.54) is 31.2 Å². The predicted molar refractivity (Wildman–Crippen MR) is 93.8 cm³/mol. The molecule has 0 aliphatic carbocycles. The summed E-state index contributed by atoms with van der Waals surface area (Å²) in [6.07, 6.45) is 0.125. The summed E-state index contributed by atoms with van der Waals surface area (Å²) in [6, 6.07) is 4.46. The lowest BCUT2D eigenvalue weighted by atomic mass is 10.0. The van der Waals surface area contributed by atoms with Gasteiger partial charge in [0.2, 0.25) is 0 Å². The van der Waals surface area contributed by atoms with E-state index in [0.717, 1.165) is 0 Å². The van der Waals surface area contributed by atoms with Crippen molar-refractivity contribution >= 4 is 17.7 Å². The van der Waals surface area contributed by atoms with Crippen molar-refractivity contribution in [3.05, 3.63) is 58.2 Å². The van der Waals surface area contributed by atoms with Crippen LogP contribution in [0.1, 0.15) is 64.0 Å². The van der Waals surface area contributed by atoms with Crippen LogP contribution in [0.2, 0.25) is 0 Å². The third kappa shape index (κ3) is 4.17. The average molecular weight is 360 g/mol. The van der Waals surface area contributed by atoms with E-state index in [9.17, 15) is 18.8 Å². The van der Waals surface area contributed by atoms with Gasteiger partial charge in [-0.15, -0.1) is 0 Å². The van der Waals surface area contributed by atoms with E-state index in [4.69, 9.17) is 5.11 Å². The van der Waals surface area contributed by atoms with Crippen LogP contribution < -0.4 is 5.32 Å². The van der Waals surface area contributed by atoms with Crippen LogP contribution in [0.4, 0.5) is 4.39 Å². The normalized spacial score (nSPS) is 11.8. The molecule has 0 spiro atoms. The van der Waals surface area contributed by atoms with Gasteiger partial charge in [-0.25, -0.2) is 4.39 Å². The van der Waals surface area contributed by atoms with Crippen LogP contribution in [0.15, 0.2) is 24.3 Å². The highest BCUT2D eigenvalue weighted by Gasteiger charge is 2.25. The number of halogens is 1. The highest BCUT2D eigenvalue weighted by Crippen LogP contribution is 2.23.